The minimum absolute atomic E-state index is 0.927. The van der Waals surface area contributed by atoms with Gasteiger partial charge in [-0.3, -0.25) is 0 Å². The van der Waals surface area contributed by atoms with E-state index < -0.39 is 0 Å². The molecular formula is C12H19BrN2. The predicted octanol–water partition coefficient (Wildman–Crippen LogP) is 2.41. The molecule has 15 heavy (non-hydrogen) atoms. The fraction of sp³-hybridized carbons (Fsp3) is 0.500. The second kappa shape index (κ2) is 6.26. The molecule has 84 valence electrons. The Morgan fingerprint density at radius 2 is 2.07 bits per heavy atom. The van der Waals surface area contributed by atoms with Crippen LogP contribution in [0.4, 0.5) is 0 Å². The molecule has 1 aromatic carbocycles. The van der Waals surface area contributed by atoms with Crippen molar-refractivity contribution < 1.29 is 0 Å². The Bertz CT molecular complexity index is 310. The first-order valence-corrected chi connectivity index (χ1v) is 5.99. The number of benzene rings is 1. The van der Waals surface area contributed by atoms with E-state index in [1.54, 1.807) is 0 Å². The zero-order chi connectivity index (χ0) is 11.3. The van der Waals surface area contributed by atoms with Gasteiger partial charge in [-0.25, -0.2) is 0 Å². The van der Waals surface area contributed by atoms with Crippen LogP contribution in [-0.4, -0.2) is 32.1 Å². The van der Waals surface area contributed by atoms with E-state index in [-0.39, 0.29) is 0 Å². The molecule has 0 aromatic heterocycles. The lowest BCUT2D eigenvalue weighted by molar-refractivity contribution is 0.400. The molecule has 0 bridgehead atoms. The van der Waals surface area contributed by atoms with Crippen molar-refractivity contribution in [1.82, 2.24) is 10.2 Å². The summed E-state index contributed by atoms with van der Waals surface area (Å²) in [6.07, 6.45) is 0. The first-order chi connectivity index (χ1) is 7.09. The van der Waals surface area contributed by atoms with Gasteiger partial charge in [-0.2, -0.15) is 0 Å². The summed E-state index contributed by atoms with van der Waals surface area (Å²) in [5, 5.41) is 3.43. The van der Waals surface area contributed by atoms with Crippen LogP contribution in [0.5, 0.6) is 0 Å². The summed E-state index contributed by atoms with van der Waals surface area (Å²) in [4.78, 5) is 2.18. The number of nitrogens with zero attached hydrogens (tertiary/aromatic N) is 1. The van der Waals surface area contributed by atoms with Crippen molar-refractivity contribution in [3.8, 4) is 0 Å². The second-order valence-electron chi connectivity index (χ2n) is 4.07. The smallest absolute Gasteiger partial charge is 0.0220 e. The van der Waals surface area contributed by atoms with E-state index in [2.05, 4.69) is 65.4 Å². The van der Waals surface area contributed by atoms with Crippen molar-refractivity contribution in [2.45, 2.75) is 13.5 Å². The highest BCUT2D eigenvalue weighted by Crippen LogP contribution is 2.17. The summed E-state index contributed by atoms with van der Waals surface area (Å²) >= 11 is 3.56. The maximum Gasteiger partial charge on any atom is 0.0220 e. The SMILES string of the molecule is Cc1ccc(Br)c(CNCCN(C)C)c1. The van der Waals surface area contributed by atoms with Gasteiger partial charge in [0.15, 0.2) is 0 Å². The van der Waals surface area contributed by atoms with E-state index in [1.165, 1.54) is 15.6 Å². The van der Waals surface area contributed by atoms with E-state index in [0.29, 0.717) is 0 Å². The monoisotopic (exact) mass is 270 g/mol. The Morgan fingerprint density at radius 1 is 1.33 bits per heavy atom. The largest absolute Gasteiger partial charge is 0.311 e. The molecule has 0 saturated carbocycles. The van der Waals surface area contributed by atoms with Crippen molar-refractivity contribution >= 4 is 15.9 Å². The Balaban J connectivity index is 2.40. The molecule has 1 N–H and O–H groups in total. The van der Waals surface area contributed by atoms with Crippen molar-refractivity contribution in [2.24, 2.45) is 0 Å². The normalized spacial score (nSPS) is 11.0. The first-order valence-electron chi connectivity index (χ1n) is 5.20. The molecule has 0 unspecified atom stereocenters. The Kier molecular flexibility index (Phi) is 5.29. The van der Waals surface area contributed by atoms with Gasteiger partial charge in [0.2, 0.25) is 0 Å². The van der Waals surface area contributed by atoms with E-state index in [0.717, 1.165) is 19.6 Å². The van der Waals surface area contributed by atoms with Crippen LogP contribution in [-0.2, 0) is 6.54 Å². The third-order valence-electron chi connectivity index (χ3n) is 2.25. The molecule has 0 amide bonds. The van der Waals surface area contributed by atoms with Crippen LogP contribution in [0.15, 0.2) is 22.7 Å². The maximum atomic E-state index is 3.56. The fourth-order valence-corrected chi connectivity index (χ4v) is 1.75. The van der Waals surface area contributed by atoms with Crippen LogP contribution in [0.2, 0.25) is 0 Å². The lowest BCUT2D eigenvalue weighted by atomic mass is 10.1. The highest BCUT2D eigenvalue weighted by Gasteiger charge is 1.99. The molecule has 0 atom stereocenters. The molecule has 0 aliphatic rings. The maximum absolute atomic E-state index is 3.56. The van der Waals surface area contributed by atoms with Crippen LogP contribution < -0.4 is 5.32 Å². The highest BCUT2D eigenvalue weighted by atomic mass is 79.9. The molecule has 0 spiro atoms. The fourth-order valence-electron chi connectivity index (χ4n) is 1.36. The molecule has 0 saturated heterocycles. The highest BCUT2D eigenvalue weighted by molar-refractivity contribution is 9.10. The molecule has 0 aliphatic carbocycles. The molecule has 2 nitrogen and oxygen atoms in total. The molecule has 0 heterocycles. The van der Waals surface area contributed by atoms with Crippen LogP contribution in [0.3, 0.4) is 0 Å². The van der Waals surface area contributed by atoms with E-state index in [4.69, 9.17) is 0 Å². The molecule has 1 aromatic rings. The summed E-state index contributed by atoms with van der Waals surface area (Å²) in [6.45, 7) is 5.14. The second-order valence-corrected chi connectivity index (χ2v) is 4.93. The van der Waals surface area contributed by atoms with Gasteiger partial charge in [0.1, 0.15) is 0 Å². The Hall–Kier alpha value is -0.380. The van der Waals surface area contributed by atoms with E-state index >= 15 is 0 Å². The lowest BCUT2D eigenvalue weighted by Crippen LogP contribution is -2.26. The molecule has 0 fully saturated rings. The minimum Gasteiger partial charge on any atom is -0.311 e. The summed E-state index contributed by atoms with van der Waals surface area (Å²) in [7, 11) is 4.18. The van der Waals surface area contributed by atoms with Crippen molar-refractivity contribution in [2.75, 3.05) is 27.2 Å². The van der Waals surface area contributed by atoms with E-state index in [1.807, 2.05) is 0 Å². The van der Waals surface area contributed by atoms with Gasteiger partial charge < -0.3 is 10.2 Å². The summed E-state index contributed by atoms with van der Waals surface area (Å²) in [5.41, 5.74) is 2.64. The lowest BCUT2D eigenvalue weighted by Gasteiger charge is -2.11. The number of likely N-dealkylation sites (N-methyl/N-ethyl adjacent to an activating group) is 1. The van der Waals surface area contributed by atoms with Gasteiger partial charge in [-0.1, -0.05) is 33.6 Å². The summed E-state index contributed by atoms with van der Waals surface area (Å²) in [5.74, 6) is 0. The van der Waals surface area contributed by atoms with Gasteiger partial charge >= 0.3 is 0 Å². The van der Waals surface area contributed by atoms with E-state index in [9.17, 15) is 0 Å². The average molecular weight is 271 g/mol. The minimum atomic E-state index is 0.927. The molecule has 1 rings (SSSR count). The van der Waals surface area contributed by atoms with Crippen molar-refractivity contribution in [3.63, 3.8) is 0 Å². The van der Waals surface area contributed by atoms with Crippen molar-refractivity contribution in [3.05, 3.63) is 33.8 Å². The standard InChI is InChI=1S/C12H19BrN2/c1-10-4-5-12(13)11(8-10)9-14-6-7-15(2)3/h4-5,8,14H,6-7,9H2,1-3H3. The molecule has 0 aliphatic heterocycles. The number of nitrogens with one attached hydrogen (secondary N) is 1. The van der Waals surface area contributed by atoms with Crippen LogP contribution in [0, 0.1) is 6.92 Å². The summed E-state index contributed by atoms with van der Waals surface area (Å²) < 4.78 is 1.19. The molecular weight excluding hydrogens is 252 g/mol. The third-order valence-corrected chi connectivity index (χ3v) is 3.03. The van der Waals surface area contributed by atoms with Gasteiger partial charge in [0.25, 0.3) is 0 Å². The molecule has 0 radical (unpaired) electrons. The van der Waals surface area contributed by atoms with Gasteiger partial charge in [0, 0.05) is 24.1 Å². The quantitative estimate of drug-likeness (QED) is 0.827. The molecule has 3 heteroatoms. The number of halogens is 1. The van der Waals surface area contributed by atoms with Gasteiger partial charge in [-0.15, -0.1) is 0 Å². The van der Waals surface area contributed by atoms with Gasteiger partial charge in [-0.05, 0) is 32.6 Å². The number of hydrogen-bond acceptors (Lipinski definition) is 2. The Morgan fingerprint density at radius 3 is 2.73 bits per heavy atom. The summed E-state index contributed by atoms with van der Waals surface area (Å²) in [6, 6.07) is 6.44. The first kappa shape index (κ1) is 12.7. The number of hydrogen-bond donors (Lipinski definition) is 1. The van der Waals surface area contributed by atoms with Crippen LogP contribution >= 0.6 is 15.9 Å². The van der Waals surface area contributed by atoms with Crippen LogP contribution in [0.25, 0.3) is 0 Å². The predicted molar refractivity (Wildman–Crippen MR) is 69.1 cm³/mol. The Labute approximate surface area is 101 Å². The van der Waals surface area contributed by atoms with Crippen LogP contribution in [0.1, 0.15) is 11.1 Å². The van der Waals surface area contributed by atoms with Gasteiger partial charge in [0.05, 0.1) is 0 Å². The average Bonchev–Trinajstić information content (AvgIpc) is 2.17. The van der Waals surface area contributed by atoms with Crippen molar-refractivity contribution in [1.29, 1.82) is 0 Å². The number of rotatable bonds is 5. The number of aryl methyl sites for hydroxylation is 1. The zero-order valence-corrected chi connectivity index (χ0v) is 11.3. The zero-order valence-electron chi connectivity index (χ0n) is 9.68. The topological polar surface area (TPSA) is 15.3 Å². The third kappa shape index (κ3) is 4.78.